The van der Waals surface area contributed by atoms with Crippen LogP contribution in [0, 0.1) is 18.2 Å². The fourth-order valence-electron chi connectivity index (χ4n) is 3.91. The van der Waals surface area contributed by atoms with Gasteiger partial charge in [-0.1, -0.05) is 0 Å². The van der Waals surface area contributed by atoms with Gasteiger partial charge in [-0.15, -0.1) is 0 Å². The van der Waals surface area contributed by atoms with Crippen LogP contribution in [0.4, 0.5) is 0 Å². The number of hydrogen-bond donors (Lipinski definition) is 0. The van der Waals surface area contributed by atoms with Crippen LogP contribution >= 0.6 is 0 Å². The van der Waals surface area contributed by atoms with Crippen LogP contribution in [-0.2, 0) is 17.4 Å². The molecule has 0 saturated heterocycles. The van der Waals surface area contributed by atoms with Gasteiger partial charge in [0.1, 0.15) is 0 Å². The van der Waals surface area contributed by atoms with Gasteiger partial charge in [0.15, 0.2) is 0 Å². The molecule has 1 aliphatic carbocycles. The Balaban J connectivity index is 2.05. The molecule has 0 aliphatic heterocycles. The van der Waals surface area contributed by atoms with Crippen LogP contribution in [0.5, 0.6) is 5.75 Å². The van der Waals surface area contributed by atoms with E-state index in [1.165, 1.54) is 39.6 Å². The van der Waals surface area contributed by atoms with Crippen molar-refractivity contribution in [3.05, 3.63) is 58.7 Å². The Hall–Kier alpha value is -1.68. The Bertz CT molecular complexity index is 855. The second kappa shape index (κ2) is 7.15. The normalized spacial score (nSPS) is 17.2. The predicted molar refractivity (Wildman–Crippen MR) is 111 cm³/mol. The second-order valence-electron chi connectivity index (χ2n) is 8.61. The average molecular weight is 411 g/mol. The molecular formula is C24H28OSe. The van der Waals surface area contributed by atoms with Crippen molar-refractivity contribution in [1.82, 2.24) is 0 Å². The van der Waals surface area contributed by atoms with E-state index in [-0.39, 0.29) is 25.8 Å². The first-order chi connectivity index (χ1) is 12.2. The zero-order chi connectivity index (χ0) is 18.9. The molecule has 3 rings (SSSR count). The van der Waals surface area contributed by atoms with E-state index in [9.17, 15) is 0 Å². The van der Waals surface area contributed by atoms with Gasteiger partial charge < -0.3 is 0 Å². The Morgan fingerprint density at radius 2 is 1.81 bits per heavy atom. The Labute approximate surface area is 164 Å². The zero-order valence-electron chi connectivity index (χ0n) is 16.5. The van der Waals surface area contributed by atoms with Gasteiger partial charge in [0.2, 0.25) is 0 Å². The quantitative estimate of drug-likeness (QED) is 0.517. The van der Waals surface area contributed by atoms with Gasteiger partial charge in [0.25, 0.3) is 0 Å². The molecule has 1 nitrogen and oxygen atoms in total. The van der Waals surface area contributed by atoms with Crippen LogP contribution in [0.2, 0.25) is 0 Å². The van der Waals surface area contributed by atoms with Crippen LogP contribution in [-0.4, -0.2) is 15.0 Å². The molecule has 2 aromatic carbocycles. The van der Waals surface area contributed by atoms with Crippen molar-refractivity contribution >= 4 is 19.4 Å². The summed E-state index contributed by atoms with van der Waals surface area (Å²) in [7, 11) is 0. The summed E-state index contributed by atoms with van der Waals surface area (Å²) in [5.41, 5.74) is 5.54. The number of rotatable bonds is 4. The van der Waals surface area contributed by atoms with Crippen LogP contribution in [0.3, 0.4) is 0 Å². The number of terminal acetylenes is 1. The van der Waals surface area contributed by atoms with Crippen molar-refractivity contribution in [2.45, 2.75) is 64.9 Å². The van der Waals surface area contributed by atoms with Crippen molar-refractivity contribution in [3.8, 4) is 17.0 Å². The van der Waals surface area contributed by atoms with E-state index in [4.69, 9.17) is 11.2 Å². The Morgan fingerprint density at radius 1 is 1.08 bits per heavy atom. The van der Waals surface area contributed by atoms with Gasteiger partial charge in [-0.3, -0.25) is 0 Å². The van der Waals surface area contributed by atoms with E-state index in [1.54, 1.807) is 0 Å². The average Bonchev–Trinajstić information content (AvgIpc) is 2.57. The molecule has 0 aromatic heterocycles. The third-order valence-electron chi connectivity index (χ3n) is 5.51. The summed E-state index contributed by atoms with van der Waals surface area (Å²) in [5.74, 6) is 1.02. The fourth-order valence-corrected chi connectivity index (χ4v) is 4.92. The molecule has 26 heavy (non-hydrogen) atoms. The van der Waals surface area contributed by atoms with Gasteiger partial charge in [0.05, 0.1) is 0 Å². The summed E-state index contributed by atoms with van der Waals surface area (Å²) in [4.78, 5) is 2.85. The minimum atomic E-state index is 0.0497. The maximum atomic E-state index is 6.40. The fraction of sp³-hybridized carbons (Fsp3) is 0.417. The van der Waals surface area contributed by atoms with Gasteiger partial charge >= 0.3 is 165 Å². The first-order valence-electron chi connectivity index (χ1n) is 9.23. The molecule has 1 aliphatic rings. The van der Waals surface area contributed by atoms with Crippen molar-refractivity contribution in [3.63, 3.8) is 0 Å². The van der Waals surface area contributed by atoms with Crippen molar-refractivity contribution in [1.29, 1.82) is 0 Å². The SMILES string of the molecule is C#C[Se]c1cc(OCc2cccc(C)c2)c2c(c1)C(C)(C)CCC2(C)C. The number of hydrogen-bond acceptors (Lipinski definition) is 1. The molecule has 0 amide bonds. The molecule has 0 fully saturated rings. The minimum absolute atomic E-state index is 0.0497. The standard InChI is InChI=1S/C24H28OSe/c1-7-26-19-14-20-22(24(5,6)12-11-23(20,3)4)21(15-19)25-16-18-10-8-9-17(2)13-18/h1,8-10,13-15H,11-12,16H2,2-6H3. The molecule has 0 heterocycles. The Kier molecular flexibility index (Phi) is 5.25. The van der Waals surface area contributed by atoms with Gasteiger partial charge in [0, 0.05) is 0 Å². The van der Waals surface area contributed by atoms with E-state index in [0.717, 1.165) is 5.75 Å². The summed E-state index contributed by atoms with van der Waals surface area (Å²) in [5, 5.41) is 0. The molecular weight excluding hydrogens is 383 g/mol. The molecule has 2 aromatic rings. The molecule has 0 N–H and O–H groups in total. The summed E-state index contributed by atoms with van der Waals surface area (Å²) in [6, 6.07) is 13.1. The first kappa shape index (κ1) is 19.1. The molecule has 0 saturated carbocycles. The number of aryl methyl sites for hydroxylation is 1. The zero-order valence-corrected chi connectivity index (χ0v) is 18.2. The van der Waals surface area contributed by atoms with E-state index in [2.05, 4.69) is 75.8 Å². The maximum absolute atomic E-state index is 6.40. The van der Waals surface area contributed by atoms with Crippen molar-refractivity contribution in [2.24, 2.45) is 0 Å². The summed E-state index contributed by atoms with van der Waals surface area (Å²) in [6.07, 6.45) is 7.99. The number of ether oxygens (including phenoxy) is 1. The monoisotopic (exact) mass is 412 g/mol. The Morgan fingerprint density at radius 3 is 2.50 bits per heavy atom. The van der Waals surface area contributed by atoms with Crippen LogP contribution in [0.25, 0.3) is 0 Å². The topological polar surface area (TPSA) is 9.23 Å². The van der Waals surface area contributed by atoms with Gasteiger partial charge in [-0.05, 0) is 0 Å². The molecule has 0 radical (unpaired) electrons. The van der Waals surface area contributed by atoms with Crippen molar-refractivity contribution < 1.29 is 4.74 Å². The van der Waals surface area contributed by atoms with E-state index in [0.29, 0.717) is 6.61 Å². The molecule has 0 bridgehead atoms. The summed E-state index contributed by atoms with van der Waals surface area (Å²) in [6.45, 7) is 12.1. The van der Waals surface area contributed by atoms with E-state index < -0.39 is 0 Å². The van der Waals surface area contributed by atoms with Gasteiger partial charge in [-0.2, -0.15) is 0 Å². The van der Waals surface area contributed by atoms with Crippen LogP contribution < -0.4 is 9.20 Å². The third-order valence-corrected chi connectivity index (χ3v) is 6.75. The first-order valence-corrected chi connectivity index (χ1v) is 10.9. The molecule has 2 heteroatoms. The van der Waals surface area contributed by atoms with E-state index in [1.807, 2.05) is 0 Å². The van der Waals surface area contributed by atoms with E-state index >= 15 is 0 Å². The number of benzene rings is 2. The van der Waals surface area contributed by atoms with Crippen LogP contribution in [0.15, 0.2) is 36.4 Å². The second-order valence-corrected chi connectivity index (χ2v) is 10.5. The summed E-state index contributed by atoms with van der Waals surface area (Å²) < 4.78 is 7.64. The third kappa shape index (κ3) is 3.85. The molecule has 0 atom stereocenters. The van der Waals surface area contributed by atoms with Crippen LogP contribution in [0.1, 0.15) is 62.8 Å². The molecule has 136 valence electrons. The number of fused-ring (bicyclic) bond motifs is 1. The predicted octanol–water partition coefficient (Wildman–Crippen LogP) is 4.84. The van der Waals surface area contributed by atoms with Gasteiger partial charge in [-0.25, -0.2) is 0 Å². The summed E-state index contributed by atoms with van der Waals surface area (Å²) >= 11 is 0.0497. The molecule has 0 unspecified atom stereocenters. The van der Waals surface area contributed by atoms with Crippen molar-refractivity contribution in [2.75, 3.05) is 0 Å². The molecule has 0 spiro atoms.